The van der Waals surface area contributed by atoms with Crippen molar-refractivity contribution in [2.45, 2.75) is 10.1 Å². The Morgan fingerprint density at radius 2 is 1.32 bits per heavy atom. The molecule has 3 N–H and O–H groups in total. The molecule has 50 heavy (non-hydrogen) atoms. The number of nitro benzene ring substituents is 1. The number of benzene rings is 6. The summed E-state index contributed by atoms with van der Waals surface area (Å²) in [5.74, 6) is -1.26. The number of nitrogens with zero attached hydrogens (tertiary/aromatic N) is 1. The zero-order valence-corrected chi connectivity index (χ0v) is 27.3. The monoisotopic (exact) mass is 678 g/mol. The topological polar surface area (TPSA) is 130 Å². The Kier molecular flexibility index (Phi) is 10.4. The zero-order chi connectivity index (χ0) is 34.9. The van der Waals surface area contributed by atoms with Gasteiger partial charge in [-0.05, 0) is 77.2 Å². The van der Waals surface area contributed by atoms with E-state index < -0.39 is 22.0 Å². The molecule has 6 aromatic carbocycles. The lowest BCUT2D eigenvalue weighted by molar-refractivity contribution is -0.384. The zero-order valence-electron chi connectivity index (χ0n) is 26.5. The van der Waals surface area contributed by atoms with Crippen molar-refractivity contribution in [2.75, 3.05) is 10.6 Å². The van der Waals surface area contributed by atoms with Gasteiger partial charge in [0.2, 0.25) is 5.91 Å². The third-order valence-corrected chi connectivity index (χ3v) is 8.96. The molecule has 0 spiro atoms. The fourth-order valence-electron chi connectivity index (χ4n) is 5.19. The van der Waals surface area contributed by atoms with Gasteiger partial charge in [0.05, 0.1) is 4.92 Å². The third kappa shape index (κ3) is 8.30. The van der Waals surface area contributed by atoms with Crippen LogP contribution in [0.2, 0.25) is 0 Å². The fourth-order valence-corrected chi connectivity index (χ4v) is 6.21. The lowest BCUT2D eigenvalue weighted by Crippen LogP contribution is -2.30. The highest BCUT2D eigenvalue weighted by atomic mass is 32.2. The molecule has 0 aromatic heterocycles. The molecule has 0 aliphatic rings. The molecule has 1 atom stereocenters. The molecular weight excluding hydrogens is 649 g/mol. The second-order valence-corrected chi connectivity index (χ2v) is 12.3. The van der Waals surface area contributed by atoms with Crippen LogP contribution in [-0.4, -0.2) is 22.6 Å². The van der Waals surface area contributed by atoms with Gasteiger partial charge in [-0.15, -0.1) is 11.8 Å². The van der Waals surface area contributed by atoms with Crippen LogP contribution >= 0.6 is 11.8 Å². The van der Waals surface area contributed by atoms with Gasteiger partial charge in [-0.25, -0.2) is 0 Å². The number of carbonyl (C=O) groups is 3. The van der Waals surface area contributed by atoms with Crippen LogP contribution in [0.5, 0.6) is 0 Å². The van der Waals surface area contributed by atoms with Gasteiger partial charge in [0.15, 0.2) is 0 Å². The number of amides is 3. The highest BCUT2D eigenvalue weighted by molar-refractivity contribution is 8.00. The first-order valence-corrected chi connectivity index (χ1v) is 16.5. The lowest BCUT2D eigenvalue weighted by atomic mass is 10.1. The average molecular weight is 679 g/mol. The summed E-state index contributed by atoms with van der Waals surface area (Å²) in [7, 11) is 0. The number of anilines is 2. The molecule has 3 amide bonds. The van der Waals surface area contributed by atoms with Gasteiger partial charge in [0, 0.05) is 39.4 Å². The molecule has 1 unspecified atom stereocenters. The van der Waals surface area contributed by atoms with Crippen molar-refractivity contribution in [3.8, 4) is 0 Å². The van der Waals surface area contributed by atoms with Crippen LogP contribution in [0.25, 0.3) is 16.8 Å². The van der Waals surface area contributed by atoms with E-state index in [1.54, 1.807) is 42.5 Å². The first-order chi connectivity index (χ1) is 24.3. The van der Waals surface area contributed by atoms with Crippen molar-refractivity contribution < 1.29 is 19.3 Å². The SMILES string of the molecule is O=C(Nc1ccc(SC(C(=O)Nc2cccc3ccccc23)c2ccccc2)cc1)/C(=C/c1ccc([N+](=O)[O-])cc1)NC(=O)c1ccccc1. The van der Waals surface area contributed by atoms with Crippen molar-refractivity contribution >= 4 is 63.4 Å². The summed E-state index contributed by atoms with van der Waals surface area (Å²) in [5, 5.41) is 21.1. The molecule has 0 radical (unpaired) electrons. The minimum atomic E-state index is -0.593. The third-order valence-electron chi connectivity index (χ3n) is 7.70. The van der Waals surface area contributed by atoms with E-state index in [1.807, 2.05) is 84.9 Å². The predicted molar refractivity (Wildman–Crippen MR) is 198 cm³/mol. The van der Waals surface area contributed by atoms with Crippen LogP contribution in [0.1, 0.15) is 26.7 Å². The molecule has 0 saturated carbocycles. The number of hydrogen-bond donors (Lipinski definition) is 3. The normalized spacial score (nSPS) is 11.7. The first-order valence-electron chi connectivity index (χ1n) is 15.6. The molecular formula is C40H30N4O5S. The van der Waals surface area contributed by atoms with Crippen LogP contribution < -0.4 is 16.0 Å². The number of hydrogen-bond acceptors (Lipinski definition) is 6. The first kappa shape index (κ1) is 33.4. The molecule has 6 aromatic rings. The number of non-ortho nitro benzene ring substituents is 1. The molecule has 6 rings (SSSR count). The van der Waals surface area contributed by atoms with Crippen LogP contribution in [-0.2, 0) is 9.59 Å². The summed E-state index contributed by atoms with van der Waals surface area (Å²) in [5.41, 5.74) is 2.70. The summed E-state index contributed by atoms with van der Waals surface area (Å²) in [4.78, 5) is 51.7. The number of nitro groups is 1. The van der Waals surface area contributed by atoms with E-state index in [0.29, 0.717) is 16.8 Å². The Morgan fingerprint density at radius 1 is 0.680 bits per heavy atom. The maximum atomic E-state index is 13.8. The van der Waals surface area contributed by atoms with Crippen molar-refractivity contribution in [1.29, 1.82) is 0 Å². The number of thioether (sulfide) groups is 1. The maximum Gasteiger partial charge on any atom is 0.272 e. The largest absolute Gasteiger partial charge is 0.324 e. The quantitative estimate of drug-likeness (QED) is 0.0544. The van der Waals surface area contributed by atoms with E-state index in [2.05, 4.69) is 16.0 Å². The van der Waals surface area contributed by atoms with Gasteiger partial charge < -0.3 is 16.0 Å². The van der Waals surface area contributed by atoms with Gasteiger partial charge in [-0.1, -0.05) is 84.9 Å². The lowest BCUT2D eigenvalue weighted by Gasteiger charge is -2.18. The number of nitrogens with one attached hydrogen (secondary N) is 3. The molecule has 0 fully saturated rings. The number of fused-ring (bicyclic) bond motifs is 1. The smallest absolute Gasteiger partial charge is 0.272 e. The van der Waals surface area contributed by atoms with Crippen molar-refractivity contribution in [3.05, 3.63) is 184 Å². The molecule has 0 saturated heterocycles. The maximum absolute atomic E-state index is 13.8. The Bertz CT molecular complexity index is 2180. The Balaban J connectivity index is 1.20. The molecule has 0 bridgehead atoms. The number of rotatable bonds is 11. The highest BCUT2D eigenvalue weighted by Gasteiger charge is 2.23. The van der Waals surface area contributed by atoms with E-state index >= 15 is 0 Å². The van der Waals surface area contributed by atoms with Crippen LogP contribution in [0, 0.1) is 10.1 Å². The summed E-state index contributed by atoms with van der Waals surface area (Å²) < 4.78 is 0. The van der Waals surface area contributed by atoms with E-state index in [0.717, 1.165) is 26.9 Å². The van der Waals surface area contributed by atoms with Crippen molar-refractivity contribution in [2.24, 2.45) is 0 Å². The Labute approximate surface area is 292 Å². The Hall–Kier alpha value is -6.52. The van der Waals surface area contributed by atoms with Crippen molar-refractivity contribution in [1.82, 2.24) is 5.32 Å². The summed E-state index contributed by atoms with van der Waals surface area (Å²) in [6.07, 6.45) is 1.45. The van der Waals surface area contributed by atoms with E-state index in [9.17, 15) is 24.5 Å². The minimum Gasteiger partial charge on any atom is -0.324 e. The second kappa shape index (κ2) is 15.6. The summed E-state index contributed by atoms with van der Waals surface area (Å²) in [6, 6.07) is 44.3. The van der Waals surface area contributed by atoms with Crippen LogP contribution in [0.15, 0.2) is 162 Å². The van der Waals surface area contributed by atoms with Gasteiger partial charge in [0.25, 0.3) is 17.5 Å². The minimum absolute atomic E-state index is 0.0552. The summed E-state index contributed by atoms with van der Waals surface area (Å²) in [6.45, 7) is 0. The molecule has 9 nitrogen and oxygen atoms in total. The van der Waals surface area contributed by atoms with Crippen molar-refractivity contribution in [3.63, 3.8) is 0 Å². The average Bonchev–Trinajstić information content (AvgIpc) is 3.15. The van der Waals surface area contributed by atoms with Crippen LogP contribution in [0.3, 0.4) is 0 Å². The van der Waals surface area contributed by atoms with Crippen LogP contribution in [0.4, 0.5) is 17.1 Å². The highest BCUT2D eigenvalue weighted by Crippen LogP contribution is 2.37. The van der Waals surface area contributed by atoms with Gasteiger partial charge in [-0.3, -0.25) is 24.5 Å². The molecule has 0 aliphatic heterocycles. The van der Waals surface area contributed by atoms with Gasteiger partial charge >= 0.3 is 0 Å². The molecule has 10 heteroatoms. The van der Waals surface area contributed by atoms with E-state index in [1.165, 1.54) is 42.1 Å². The number of carbonyl (C=O) groups excluding carboxylic acids is 3. The van der Waals surface area contributed by atoms with E-state index in [-0.39, 0.29) is 17.3 Å². The predicted octanol–water partition coefficient (Wildman–Crippen LogP) is 8.63. The second-order valence-electron chi connectivity index (χ2n) is 11.1. The Morgan fingerprint density at radius 3 is 2.02 bits per heavy atom. The standard InChI is InChI=1S/C40H30N4O5S/c45-38(30-13-5-2-6-14-30)43-36(26-27-18-22-32(23-19-27)44(48)49)39(46)41-31-20-24-33(25-21-31)50-37(29-11-3-1-4-12-29)40(47)42-35-17-9-15-28-10-7-8-16-34(28)35/h1-26,37H,(H,41,46)(H,42,47)(H,43,45)/b36-26-. The van der Waals surface area contributed by atoms with E-state index in [4.69, 9.17) is 0 Å². The van der Waals surface area contributed by atoms with Gasteiger partial charge in [-0.2, -0.15) is 0 Å². The summed E-state index contributed by atoms with van der Waals surface area (Å²) >= 11 is 1.38. The fraction of sp³-hybridized carbons (Fsp3) is 0.0250. The van der Waals surface area contributed by atoms with Gasteiger partial charge in [0.1, 0.15) is 10.9 Å². The molecule has 0 heterocycles. The molecule has 0 aliphatic carbocycles. The molecule has 246 valence electrons.